The van der Waals surface area contributed by atoms with Crippen molar-refractivity contribution < 1.29 is 17.9 Å². The number of hydrogen-bond donors (Lipinski definition) is 2. The molecule has 0 bridgehead atoms. The molecule has 0 aliphatic rings. The Hall–Kier alpha value is -3.29. The maximum atomic E-state index is 13.4. The van der Waals surface area contributed by atoms with Crippen molar-refractivity contribution in [2.24, 2.45) is 0 Å². The minimum absolute atomic E-state index is 0.0484. The van der Waals surface area contributed by atoms with Gasteiger partial charge < -0.3 is 15.4 Å². The minimum Gasteiger partial charge on any atom is -0.494 e. The summed E-state index contributed by atoms with van der Waals surface area (Å²) in [6, 6.07) is 14.0. The SMILES string of the molecule is CCOc1ccc(Nc2ncc(C(F)(F)F)c(Nc3cccc(C)c3)n2)cc1. The molecule has 8 heteroatoms. The fourth-order valence-corrected chi connectivity index (χ4v) is 2.53. The summed E-state index contributed by atoms with van der Waals surface area (Å²) >= 11 is 0. The van der Waals surface area contributed by atoms with Crippen LogP contribution < -0.4 is 15.4 Å². The van der Waals surface area contributed by atoms with E-state index in [-0.39, 0.29) is 11.8 Å². The summed E-state index contributed by atoms with van der Waals surface area (Å²) in [5.41, 5.74) is 1.12. The summed E-state index contributed by atoms with van der Waals surface area (Å²) in [6.07, 6.45) is -3.81. The van der Waals surface area contributed by atoms with E-state index in [2.05, 4.69) is 20.6 Å². The molecule has 146 valence electrons. The number of anilines is 4. The molecule has 0 aliphatic carbocycles. The first kappa shape index (κ1) is 19.5. The van der Waals surface area contributed by atoms with Gasteiger partial charge >= 0.3 is 6.18 Å². The second-order valence-corrected chi connectivity index (χ2v) is 6.03. The van der Waals surface area contributed by atoms with Crippen LogP contribution in [-0.2, 0) is 6.18 Å². The minimum atomic E-state index is -4.58. The van der Waals surface area contributed by atoms with Crippen LogP contribution in [0.2, 0.25) is 0 Å². The van der Waals surface area contributed by atoms with Crippen molar-refractivity contribution in [3.05, 3.63) is 65.9 Å². The molecule has 1 aromatic heterocycles. The summed E-state index contributed by atoms with van der Waals surface area (Å²) in [5.74, 6) is 0.428. The Labute approximate surface area is 160 Å². The smallest absolute Gasteiger partial charge is 0.421 e. The first-order chi connectivity index (χ1) is 13.3. The maximum Gasteiger partial charge on any atom is 0.421 e. The highest BCUT2D eigenvalue weighted by molar-refractivity contribution is 5.63. The molecule has 0 atom stereocenters. The lowest BCUT2D eigenvalue weighted by atomic mass is 10.2. The zero-order valence-electron chi connectivity index (χ0n) is 15.3. The van der Waals surface area contributed by atoms with Gasteiger partial charge in [0.1, 0.15) is 17.1 Å². The number of ether oxygens (including phenoxy) is 1. The molecule has 3 rings (SSSR count). The third-order valence-corrected chi connectivity index (χ3v) is 3.80. The Balaban J connectivity index is 1.88. The largest absolute Gasteiger partial charge is 0.494 e. The van der Waals surface area contributed by atoms with Crippen molar-refractivity contribution in [3.8, 4) is 5.75 Å². The Morgan fingerprint density at radius 1 is 1.00 bits per heavy atom. The first-order valence-corrected chi connectivity index (χ1v) is 8.63. The third-order valence-electron chi connectivity index (χ3n) is 3.80. The van der Waals surface area contributed by atoms with Gasteiger partial charge in [0.2, 0.25) is 5.95 Å². The van der Waals surface area contributed by atoms with E-state index in [4.69, 9.17) is 4.74 Å². The van der Waals surface area contributed by atoms with E-state index < -0.39 is 11.7 Å². The lowest BCUT2D eigenvalue weighted by Gasteiger charge is -2.15. The Morgan fingerprint density at radius 3 is 2.39 bits per heavy atom. The van der Waals surface area contributed by atoms with Gasteiger partial charge in [-0.25, -0.2) is 4.98 Å². The Kier molecular flexibility index (Phi) is 5.67. The van der Waals surface area contributed by atoms with E-state index >= 15 is 0 Å². The van der Waals surface area contributed by atoms with Crippen LogP contribution in [0.15, 0.2) is 54.7 Å². The van der Waals surface area contributed by atoms with Gasteiger partial charge in [0.25, 0.3) is 0 Å². The average Bonchev–Trinajstić information content (AvgIpc) is 2.63. The van der Waals surface area contributed by atoms with Crippen molar-refractivity contribution >= 4 is 23.1 Å². The van der Waals surface area contributed by atoms with Crippen LogP contribution >= 0.6 is 0 Å². The second kappa shape index (κ2) is 8.16. The first-order valence-electron chi connectivity index (χ1n) is 8.63. The topological polar surface area (TPSA) is 59.1 Å². The number of aryl methyl sites for hydroxylation is 1. The lowest BCUT2D eigenvalue weighted by molar-refractivity contribution is -0.137. The number of benzene rings is 2. The monoisotopic (exact) mass is 388 g/mol. The Morgan fingerprint density at radius 2 is 1.75 bits per heavy atom. The summed E-state index contributed by atoms with van der Waals surface area (Å²) in [7, 11) is 0. The molecule has 0 saturated carbocycles. The molecule has 0 radical (unpaired) electrons. The molecule has 0 spiro atoms. The van der Waals surface area contributed by atoms with Crippen molar-refractivity contribution in [2.45, 2.75) is 20.0 Å². The summed E-state index contributed by atoms with van der Waals surface area (Å²) in [4.78, 5) is 7.84. The van der Waals surface area contributed by atoms with Crippen molar-refractivity contribution in [3.63, 3.8) is 0 Å². The van der Waals surface area contributed by atoms with Gasteiger partial charge in [-0.2, -0.15) is 18.2 Å². The molecule has 3 aromatic rings. The van der Waals surface area contributed by atoms with Gasteiger partial charge in [0, 0.05) is 17.6 Å². The molecular weight excluding hydrogens is 369 g/mol. The van der Waals surface area contributed by atoms with E-state index in [1.54, 1.807) is 42.5 Å². The quantitative estimate of drug-likeness (QED) is 0.568. The van der Waals surface area contributed by atoms with Crippen LogP contribution in [0, 0.1) is 6.92 Å². The number of halogens is 3. The van der Waals surface area contributed by atoms with Gasteiger partial charge in [-0.1, -0.05) is 12.1 Å². The molecule has 5 nitrogen and oxygen atoms in total. The molecule has 2 N–H and O–H groups in total. The number of rotatable bonds is 6. The van der Waals surface area contributed by atoms with Gasteiger partial charge in [-0.05, 0) is 55.8 Å². The number of hydrogen-bond acceptors (Lipinski definition) is 5. The molecule has 2 aromatic carbocycles. The average molecular weight is 388 g/mol. The fourth-order valence-electron chi connectivity index (χ4n) is 2.53. The van der Waals surface area contributed by atoms with Crippen LogP contribution in [0.3, 0.4) is 0 Å². The molecule has 28 heavy (non-hydrogen) atoms. The van der Waals surface area contributed by atoms with Gasteiger partial charge in [-0.3, -0.25) is 0 Å². The molecule has 0 unspecified atom stereocenters. The van der Waals surface area contributed by atoms with E-state index in [0.717, 1.165) is 11.8 Å². The summed E-state index contributed by atoms with van der Waals surface area (Å²) in [5, 5.41) is 5.65. The van der Waals surface area contributed by atoms with Crippen molar-refractivity contribution in [2.75, 3.05) is 17.2 Å². The van der Waals surface area contributed by atoms with Gasteiger partial charge in [0.05, 0.1) is 6.61 Å². The lowest BCUT2D eigenvalue weighted by Crippen LogP contribution is -2.12. The van der Waals surface area contributed by atoms with E-state index in [9.17, 15) is 13.2 Å². The molecule has 0 saturated heterocycles. The maximum absolute atomic E-state index is 13.4. The third kappa shape index (κ3) is 4.91. The number of nitrogens with zero attached hydrogens (tertiary/aromatic N) is 2. The van der Waals surface area contributed by atoms with Crippen LogP contribution in [-0.4, -0.2) is 16.6 Å². The van der Waals surface area contributed by atoms with E-state index in [1.165, 1.54) is 0 Å². The predicted octanol–water partition coefficient (Wildman–Crippen LogP) is 5.69. The van der Waals surface area contributed by atoms with E-state index in [1.807, 2.05) is 19.9 Å². The Bertz CT molecular complexity index is 943. The van der Waals surface area contributed by atoms with Crippen LogP contribution in [0.4, 0.5) is 36.3 Å². The highest BCUT2D eigenvalue weighted by Crippen LogP contribution is 2.35. The fraction of sp³-hybridized carbons (Fsp3) is 0.200. The highest BCUT2D eigenvalue weighted by Gasteiger charge is 2.35. The molecule has 0 amide bonds. The number of alkyl halides is 3. The predicted molar refractivity (Wildman–Crippen MR) is 102 cm³/mol. The van der Waals surface area contributed by atoms with Crippen LogP contribution in [0.5, 0.6) is 5.75 Å². The van der Waals surface area contributed by atoms with E-state index in [0.29, 0.717) is 23.7 Å². The summed E-state index contributed by atoms with van der Waals surface area (Å²) < 4.78 is 45.4. The molecule has 0 fully saturated rings. The number of nitrogens with one attached hydrogen (secondary N) is 2. The normalized spacial score (nSPS) is 11.2. The van der Waals surface area contributed by atoms with Gasteiger partial charge in [0.15, 0.2) is 0 Å². The van der Waals surface area contributed by atoms with Gasteiger partial charge in [-0.15, -0.1) is 0 Å². The highest BCUT2D eigenvalue weighted by atomic mass is 19.4. The standard InChI is InChI=1S/C20H19F3N4O/c1-3-28-16-9-7-14(8-10-16)26-19-24-12-17(20(21,22)23)18(27-19)25-15-6-4-5-13(2)11-15/h4-12H,3H2,1-2H3,(H2,24,25,26,27). The van der Waals surface area contributed by atoms with Crippen molar-refractivity contribution in [1.82, 2.24) is 9.97 Å². The second-order valence-electron chi connectivity index (χ2n) is 6.03. The van der Waals surface area contributed by atoms with Crippen LogP contribution in [0.25, 0.3) is 0 Å². The number of aromatic nitrogens is 2. The summed E-state index contributed by atoms with van der Waals surface area (Å²) in [6.45, 7) is 4.28. The molecule has 0 aliphatic heterocycles. The van der Waals surface area contributed by atoms with Crippen LogP contribution in [0.1, 0.15) is 18.1 Å². The van der Waals surface area contributed by atoms with Crippen molar-refractivity contribution in [1.29, 1.82) is 0 Å². The zero-order chi connectivity index (χ0) is 20.1. The zero-order valence-corrected chi connectivity index (χ0v) is 15.3. The molecule has 1 heterocycles. The molecular formula is C20H19F3N4O.